The van der Waals surface area contributed by atoms with Crippen LogP contribution in [0.1, 0.15) is 78.4 Å². The number of rotatable bonds is 14. The number of amides is 3. The Morgan fingerprint density at radius 3 is 2.18 bits per heavy atom. The minimum atomic E-state index is -1.25. The normalized spacial score (nSPS) is 12.4. The molecule has 2 aromatic rings. The summed E-state index contributed by atoms with van der Waals surface area (Å²) >= 11 is 0. The van der Waals surface area contributed by atoms with Gasteiger partial charge >= 0.3 is 5.97 Å². The van der Waals surface area contributed by atoms with Crippen molar-refractivity contribution in [3.05, 3.63) is 53.6 Å². The van der Waals surface area contributed by atoms with Gasteiger partial charge in [0.2, 0.25) is 24.5 Å². The van der Waals surface area contributed by atoms with Crippen LogP contribution in [0.2, 0.25) is 0 Å². The molecular weight excluding hydrogens is 578 g/mol. The average Bonchev–Trinajstić information content (AvgIpc) is 3.50. The van der Waals surface area contributed by atoms with E-state index in [-0.39, 0.29) is 25.5 Å². The van der Waals surface area contributed by atoms with E-state index < -0.39 is 42.8 Å². The average molecular weight is 628 g/mol. The van der Waals surface area contributed by atoms with Gasteiger partial charge in [-0.1, -0.05) is 72.2 Å². The zero-order valence-electron chi connectivity index (χ0n) is 27.6. The van der Waals surface area contributed by atoms with Gasteiger partial charge in [0.1, 0.15) is 18.9 Å². The molecule has 1 aliphatic heterocycles. The first-order chi connectivity index (χ1) is 21.5. The number of carboxylic acid groups (broad SMARTS) is 1. The van der Waals surface area contributed by atoms with Crippen molar-refractivity contribution in [2.24, 2.45) is 5.92 Å². The molecule has 11 heteroatoms. The summed E-state index contributed by atoms with van der Waals surface area (Å²) in [4.78, 5) is 62.4. The Labute approximate surface area is 266 Å². The van der Waals surface area contributed by atoms with Crippen LogP contribution in [0, 0.1) is 12.8 Å². The van der Waals surface area contributed by atoms with Crippen molar-refractivity contribution < 1.29 is 38.6 Å². The SMILES string of the molecule is CC.CCC(C)C.CCC(NC(=O)CCc1ccc2c(c1)OCO2)C(=O)N(CC(=O)NC(C=O)CC(=O)O)c1ccccc1C. The summed E-state index contributed by atoms with van der Waals surface area (Å²) in [7, 11) is 0. The fourth-order valence-electron chi connectivity index (χ4n) is 4.01. The second-order valence-corrected chi connectivity index (χ2v) is 10.6. The lowest BCUT2D eigenvalue weighted by Gasteiger charge is -2.28. The number of carbonyl (C=O) groups is 5. The molecule has 3 amide bonds. The highest BCUT2D eigenvalue weighted by Crippen LogP contribution is 2.32. The van der Waals surface area contributed by atoms with Gasteiger partial charge < -0.3 is 34.9 Å². The Hall–Kier alpha value is -4.41. The molecule has 3 N–H and O–H groups in total. The topological polar surface area (TPSA) is 151 Å². The number of anilines is 1. The highest BCUT2D eigenvalue weighted by molar-refractivity contribution is 6.03. The van der Waals surface area contributed by atoms with Crippen molar-refractivity contribution in [1.29, 1.82) is 0 Å². The van der Waals surface area contributed by atoms with E-state index in [0.717, 1.165) is 17.0 Å². The maximum Gasteiger partial charge on any atom is 0.305 e. The number of aldehydes is 1. The molecule has 2 unspecified atom stereocenters. The number of aryl methyl sites for hydroxylation is 2. The molecule has 0 bridgehead atoms. The fraction of sp³-hybridized carbons (Fsp3) is 0.500. The number of hydrogen-bond acceptors (Lipinski definition) is 7. The number of aliphatic carboxylic acids is 1. The number of fused-ring (bicyclic) bond motifs is 1. The van der Waals surface area contributed by atoms with Crippen LogP contribution in [-0.2, 0) is 30.4 Å². The van der Waals surface area contributed by atoms with Crippen molar-refractivity contribution in [3.63, 3.8) is 0 Å². The van der Waals surface area contributed by atoms with Crippen LogP contribution in [0.3, 0.4) is 0 Å². The van der Waals surface area contributed by atoms with Crippen LogP contribution >= 0.6 is 0 Å². The summed E-state index contributed by atoms with van der Waals surface area (Å²) in [6, 6.07) is 10.2. The molecule has 0 saturated carbocycles. The van der Waals surface area contributed by atoms with E-state index in [4.69, 9.17) is 14.6 Å². The third kappa shape index (κ3) is 13.4. The predicted octanol–water partition coefficient (Wildman–Crippen LogP) is 4.82. The highest BCUT2D eigenvalue weighted by Gasteiger charge is 2.29. The van der Waals surface area contributed by atoms with Crippen molar-refractivity contribution in [1.82, 2.24) is 10.6 Å². The number of ether oxygens (including phenoxy) is 2. The lowest BCUT2D eigenvalue weighted by atomic mass is 10.1. The summed E-state index contributed by atoms with van der Waals surface area (Å²) < 4.78 is 10.7. The third-order valence-corrected chi connectivity index (χ3v) is 6.81. The number of nitrogens with zero attached hydrogens (tertiary/aromatic N) is 1. The van der Waals surface area contributed by atoms with Crippen LogP contribution < -0.4 is 25.0 Å². The van der Waals surface area contributed by atoms with E-state index in [1.54, 1.807) is 44.2 Å². The lowest BCUT2D eigenvalue weighted by Crippen LogP contribution is -2.52. The largest absolute Gasteiger partial charge is 0.481 e. The van der Waals surface area contributed by atoms with Gasteiger partial charge in [0.25, 0.3) is 0 Å². The zero-order valence-corrected chi connectivity index (χ0v) is 27.6. The van der Waals surface area contributed by atoms with E-state index in [2.05, 4.69) is 31.4 Å². The summed E-state index contributed by atoms with van der Waals surface area (Å²) in [5.41, 5.74) is 2.06. The number of carboxylic acids is 1. The second kappa shape index (κ2) is 20.5. The predicted molar refractivity (Wildman–Crippen MR) is 173 cm³/mol. The summed E-state index contributed by atoms with van der Waals surface area (Å²) in [5, 5.41) is 14.0. The Balaban J connectivity index is 0.00000131. The van der Waals surface area contributed by atoms with Gasteiger partial charge in [-0.15, -0.1) is 0 Å². The number of para-hydroxylation sites is 1. The lowest BCUT2D eigenvalue weighted by molar-refractivity contribution is -0.138. The molecule has 1 heterocycles. The molecule has 0 aromatic heterocycles. The Bertz CT molecular complexity index is 1260. The molecule has 0 saturated heterocycles. The van der Waals surface area contributed by atoms with E-state index in [9.17, 15) is 24.0 Å². The quantitative estimate of drug-likeness (QED) is 0.252. The minimum absolute atomic E-state index is 0.129. The van der Waals surface area contributed by atoms with Gasteiger partial charge in [-0.3, -0.25) is 19.2 Å². The number of carbonyl (C=O) groups excluding carboxylic acids is 4. The van der Waals surface area contributed by atoms with Gasteiger partial charge in [0, 0.05) is 12.1 Å². The first kappa shape index (κ1) is 38.6. The summed E-state index contributed by atoms with van der Waals surface area (Å²) in [5.74, 6) is -0.633. The molecule has 0 fully saturated rings. The van der Waals surface area contributed by atoms with E-state index in [0.29, 0.717) is 29.9 Å². The smallest absolute Gasteiger partial charge is 0.305 e. The van der Waals surface area contributed by atoms with Crippen LogP contribution in [0.25, 0.3) is 0 Å². The number of benzene rings is 2. The molecule has 1 aliphatic rings. The van der Waals surface area contributed by atoms with Gasteiger partial charge in [-0.2, -0.15) is 0 Å². The molecule has 3 rings (SSSR count). The summed E-state index contributed by atoms with van der Waals surface area (Å²) in [6.07, 6.45) is 1.89. The second-order valence-electron chi connectivity index (χ2n) is 10.6. The molecule has 2 atom stereocenters. The van der Waals surface area contributed by atoms with E-state index in [1.807, 2.05) is 26.0 Å². The van der Waals surface area contributed by atoms with Crippen LogP contribution in [-0.4, -0.2) is 60.5 Å². The van der Waals surface area contributed by atoms with Crippen molar-refractivity contribution in [3.8, 4) is 11.5 Å². The Morgan fingerprint density at radius 1 is 0.956 bits per heavy atom. The standard InChI is InChI=1S/C27H31N3O8.C5H12.C2H6/c1-3-20(29-24(32)11-9-18-8-10-22-23(12-18)38-16-37-22)27(36)30(21-7-5-4-6-17(21)2)14-25(33)28-19(15-31)13-26(34)35;1-4-5(2)3;1-2/h4-8,10,12,15,19-20H,3,9,11,13-14,16H2,1-2H3,(H,28,33)(H,29,32)(H,34,35);5H,4H2,1-3H3;1-2H3. The maximum absolute atomic E-state index is 13.6. The highest BCUT2D eigenvalue weighted by atomic mass is 16.7. The van der Waals surface area contributed by atoms with Crippen molar-refractivity contribution in [2.45, 2.75) is 92.7 Å². The van der Waals surface area contributed by atoms with Gasteiger partial charge in [0.05, 0.1) is 12.5 Å². The number of hydrogen-bond donors (Lipinski definition) is 3. The molecule has 11 nitrogen and oxygen atoms in total. The fourth-order valence-corrected chi connectivity index (χ4v) is 4.01. The molecule has 2 aromatic carbocycles. The van der Waals surface area contributed by atoms with Gasteiger partial charge in [-0.05, 0) is 55.0 Å². The van der Waals surface area contributed by atoms with E-state index in [1.165, 1.54) is 11.3 Å². The molecule has 0 radical (unpaired) electrons. The van der Waals surface area contributed by atoms with Crippen molar-refractivity contribution in [2.75, 3.05) is 18.2 Å². The molecule has 45 heavy (non-hydrogen) atoms. The van der Waals surface area contributed by atoms with Crippen molar-refractivity contribution >= 4 is 35.7 Å². The third-order valence-electron chi connectivity index (χ3n) is 6.81. The molecule has 248 valence electrons. The first-order valence-electron chi connectivity index (χ1n) is 15.5. The van der Waals surface area contributed by atoms with Crippen LogP contribution in [0.4, 0.5) is 5.69 Å². The first-order valence-corrected chi connectivity index (χ1v) is 15.5. The summed E-state index contributed by atoms with van der Waals surface area (Å²) in [6.45, 7) is 13.9. The number of nitrogens with one attached hydrogen (secondary N) is 2. The molecule has 0 aliphatic carbocycles. The molecular formula is C34H49N3O8. The Kier molecular flexibility index (Phi) is 17.6. The van der Waals surface area contributed by atoms with Crippen LogP contribution in [0.15, 0.2) is 42.5 Å². The zero-order chi connectivity index (χ0) is 33.9. The van der Waals surface area contributed by atoms with E-state index >= 15 is 0 Å². The van der Waals surface area contributed by atoms with Gasteiger partial charge in [-0.25, -0.2) is 0 Å². The Morgan fingerprint density at radius 2 is 1.60 bits per heavy atom. The minimum Gasteiger partial charge on any atom is -0.481 e. The van der Waals surface area contributed by atoms with Gasteiger partial charge in [0.15, 0.2) is 11.5 Å². The molecule has 0 spiro atoms. The monoisotopic (exact) mass is 627 g/mol. The maximum atomic E-state index is 13.6. The van der Waals surface area contributed by atoms with Crippen LogP contribution in [0.5, 0.6) is 11.5 Å².